The molecule has 10 aromatic heterocycles. The zero-order chi connectivity index (χ0) is 66.0. The summed E-state index contributed by atoms with van der Waals surface area (Å²) < 4.78 is 8.63. The summed E-state index contributed by atoms with van der Waals surface area (Å²) in [7, 11) is 0. The summed E-state index contributed by atoms with van der Waals surface area (Å²) >= 11 is 0. The second-order valence-electron chi connectivity index (χ2n) is 24.6. The lowest BCUT2D eigenvalue weighted by atomic mass is 9.91. The maximum Gasteiger partial charge on any atom is 0.240 e. The maximum atomic E-state index is 5.48. The van der Waals surface area contributed by atoms with Gasteiger partial charge in [0, 0.05) is 85.1 Å². The third-order valence-corrected chi connectivity index (χ3v) is 19.0. The number of nitrogens with zero attached hydrogens (tertiary/aromatic N) is 13. The summed E-state index contributed by atoms with van der Waals surface area (Å²) in [5, 5.41) is 8.88. The van der Waals surface area contributed by atoms with Gasteiger partial charge < -0.3 is 0 Å². The van der Waals surface area contributed by atoms with Gasteiger partial charge in [-0.3, -0.25) is 38.2 Å². The second kappa shape index (κ2) is 24.1. The van der Waals surface area contributed by atoms with Gasteiger partial charge in [0.15, 0.2) is 11.6 Å². The van der Waals surface area contributed by atoms with Gasteiger partial charge >= 0.3 is 0 Å². The molecule has 0 radical (unpaired) electrons. The van der Waals surface area contributed by atoms with Gasteiger partial charge in [-0.05, 0) is 93.0 Å². The largest absolute Gasteiger partial charge is 0.292 e. The standard InChI is InChI=1S/C44H28N6.C43H27N7/c1-3-12-29(13-4-1)31-18-11-19-32(30-14-5-2-6-15-30)43(31)44-47-41(49-37-20-9-7-16-33(37)35-22-24-45-27-39(35)49)26-42(48-44)50-38-21-10-8-17-34(38)36-23-25-46-28-40(36)50;1-3-12-28(13-4-1)30-18-11-19-31(29-14-5-2-6-15-29)40(30)41-46-42(49-36-20-9-7-16-32(36)34-22-24-44-26-38(34)49)48-43(47-41)50-37-21-10-8-17-33(37)35-23-25-45-27-39(35)50/h1-28H;1-27H. The van der Waals surface area contributed by atoms with E-state index in [-0.39, 0.29) is 0 Å². The van der Waals surface area contributed by atoms with Gasteiger partial charge in [0.05, 0.1) is 68.9 Å². The van der Waals surface area contributed by atoms with Crippen molar-refractivity contribution >= 4 is 87.2 Å². The van der Waals surface area contributed by atoms with Crippen molar-refractivity contribution in [3.05, 3.63) is 335 Å². The van der Waals surface area contributed by atoms with Crippen LogP contribution in [0.2, 0.25) is 0 Å². The summed E-state index contributed by atoms with van der Waals surface area (Å²) in [6.45, 7) is 0. The molecule has 13 heteroatoms. The third kappa shape index (κ3) is 9.59. The molecule has 0 aliphatic carbocycles. The minimum atomic E-state index is 0.501. The summed E-state index contributed by atoms with van der Waals surface area (Å²) in [6.07, 6.45) is 15.0. The SMILES string of the molecule is c1ccc(-c2cccc(-c3ccccc3)c2-c2nc(-n3c4ccccc4c4ccncc43)cc(-n3c4ccccc4c4ccncc43)n2)cc1.c1ccc(-c2cccc(-c3ccccc3)c2-c2nc(-n3c4ccccc4c4ccncc43)nc(-n3c4ccccc4c4ccncc43)n2)cc1. The first kappa shape index (κ1) is 57.5. The van der Waals surface area contributed by atoms with E-state index < -0.39 is 0 Å². The zero-order valence-electron chi connectivity index (χ0n) is 53.6. The van der Waals surface area contributed by atoms with E-state index in [9.17, 15) is 0 Å². The lowest BCUT2D eigenvalue weighted by Gasteiger charge is -2.18. The first-order valence-corrected chi connectivity index (χ1v) is 33.1. The predicted octanol–water partition coefficient (Wildman–Crippen LogP) is 20.3. The van der Waals surface area contributed by atoms with Gasteiger partial charge in [-0.25, -0.2) is 9.97 Å². The Labute approximate surface area is 572 Å². The molecular formula is C87H55N13. The molecule has 0 unspecified atom stereocenters. The number of fused-ring (bicyclic) bond motifs is 12. The van der Waals surface area contributed by atoms with E-state index in [2.05, 4.69) is 275 Å². The molecular weight excluding hydrogens is 1230 g/mol. The van der Waals surface area contributed by atoms with Gasteiger partial charge in [-0.15, -0.1) is 0 Å². The molecule has 0 saturated heterocycles. The third-order valence-electron chi connectivity index (χ3n) is 19.0. The number of para-hydroxylation sites is 4. The molecule has 0 spiro atoms. The van der Waals surface area contributed by atoms with E-state index in [1.807, 2.05) is 98.1 Å². The van der Waals surface area contributed by atoms with Crippen LogP contribution in [0.15, 0.2) is 335 Å². The quantitative estimate of drug-likeness (QED) is 0.131. The summed E-state index contributed by atoms with van der Waals surface area (Å²) in [6, 6.07) is 98.7. The van der Waals surface area contributed by atoms with Crippen LogP contribution in [-0.2, 0) is 0 Å². The highest BCUT2D eigenvalue weighted by molar-refractivity contribution is 6.12. The number of pyridine rings is 4. The van der Waals surface area contributed by atoms with E-state index in [4.69, 9.17) is 24.9 Å². The van der Waals surface area contributed by atoms with E-state index in [0.717, 1.165) is 154 Å². The monoisotopic (exact) mass is 1280 g/mol. The van der Waals surface area contributed by atoms with Crippen LogP contribution >= 0.6 is 0 Å². The van der Waals surface area contributed by atoms with Crippen LogP contribution in [0.25, 0.3) is 178 Å². The Morgan fingerprint density at radius 3 is 0.780 bits per heavy atom. The van der Waals surface area contributed by atoms with Crippen LogP contribution in [0, 0.1) is 0 Å². The van der Waals surface area contributed by atoms with Crippen molar-refractivity contribution in [3.8, 4) is 90.8 Å². The van der Waals surface area contributed by atoms with Crippen LogP contribution in [0.1, 0.15) is 0 Å². The summed E-state index contributed by atoms with van der Waals surface area (Å²) in [4.78, 5) is 45.2. The number of benzene rings is 10. The van der Waals surface area contributed by atoms with E-state index >= 15 is 0 Å². The predicted molar refractivity (Wildman–Crippen MR) is 403 cm³/mol. The van der Waals surface area contributed by atoms with Crippen LogP contribution in [-0.4, -0.2) is 63.1 Å². The second-order valence-corrected chi connectivity index (χ2v) is 24.6. The topological polar surface area (TPSA) is 136 Å². The van der Waals surface area contributed by atoms with E-state index in [1.54, 1.807) is 0 Å². The van der Waals surface area contributed by atoms with Crippen molar-refractivity contribution in [1.29, 1.82) is 0 Å². The molecule has 0 N–H and O–H groups in total. The van der Waals surface area contributed by atoms with Crippen LogP contribution in [0.4, 0.5) is 0 Å². The minimum Gasteiger partial charge on any atom is -0.292 e. The van der Waals surface area contributed by atoms with Gasteiger partial charge in [0.25, 0.3) is 0 Å². The fourth-order valence-electron chi connectivity index (χ4n) is 14.6. The number of hydrogen-bond acceptors (Lipinski definition) is 9. The van der Waals surface area contributed by atoms with Crippen molar-refractivity contribution in [2.24, 2.45) is 0 Å². The summed E-state index contributed by atoms with van der Waals surface area (Å²) in [5.41, 5.74) is 18.3. The van der Waals surface area contributed by atoms with Crippen molar-refractivity contribution < 1.29 is 0 Å². The van der Waals surface area contributed by atoms with Gasteiger partial charge in [-0.1, -0.05) is 231 Å². The van der Waals surface area contributed by atoms with Crippen molar-refractivity contribution in [1.82, 2.24) is 63.1 Å². The fourth-order valence-corrected chi connectivity index (χ4v) is 14.6. The van der Waals surface area contributed by atoms with Crippen molar-refractivity contribution in [2.75, 3.05) is 0 Å². The minimum absolute atomic E-state index is 0.501. The molecule has 0 bridgehead atoms. The zero-order valence-corrected chi connectivity index (χ0v) is 53.6. The fraction of sp³-hybridized carbons (Fsp3) is 0. The average Bonchev–Trinajstić information content (AvgIpc) is 1.54. The van der Waals surface area contributed by atoms with E-state index in [0.29, 0.717) is 23.5 Å². The first-order valence-electron chi connectivity index (χ1n) is 33.1. The molecule has 13 nitrogen and oxygen atoms in total. The van der Waals surface area contributed by atoms with Gasteiger partial charge in [-0.2, -0.15) is 15.0 Å². The Bertz CT molecular complexity index is 5550. The molecule has 0 fully saturated rings. The molecule has 0 atom stereocenters. The Kier molecular flexibility index (Phi) is 13.9. The molecule has 0 amide bonds. The molecule has 20 aromatic rings. The molecule has 10 heterocycles. The molecule has 468 valence electrons. The smallest absolute Gasteiger partial charge is 0.240 e. The first-order chi connectivity index (χ1) is 49.7. The molecule has 0 saturated carbocycles. The van der Waals surface area contributed by atoms with Gasteiger partial charge in [0.1, 0.15) is 11.6 Å². The molecule has 20 rings (SSSR count). The highest BCUT2D eigenvalue weighted by Crippen LogP contribution is 2.44. The van der Waals surface area contributed by atoms with E-state index in [1.165, 1.54) is 0 Å². The highest BCUT2D eigenvalue weighted by Gasteiger charge is 2.26. The van der Waals surface area contributed by atoms with Gasteiger partial charge in [0.2, 0.25) is 11.9 Å². The van der Waals surface area contributed by atoms with Crippen LogP contribution in [0.3, 0.4) is 0 Å². The number of aromatic nitrogens is 13. The maximum absolute atomic E-state index is 5.48. The lowest BCUT2D eigenvalue weighted by molar-refractivity contribution is 0.891. The molecule has 100 heavy (non-hydrogen) atoms. The highest BCUT2D eigenvalue weighted by atomic mass is 15.3. The van der Waals surface area contributed by atoms with Crippen molar-refractivity contribution in [2.45, 2.75) is 0 Å². The molecule has 10 aromatic carbocycles. The van der Waals surface area contributed by atoms with Crippen LogP contribution in [0.5, 0.6) is 0 Å². The summed E-state index contributed by atoms with van der Waals surface area (Å²) in [5.74, 6) is 3.69. The number of hydrogen-bond donors (Lipinski definition) is 0. The Morgan fingerprint density at radius 1 is 0.200 bits per heavy atom. The van der Waals surface area contributed by atoms with Crippen molar-refractivity contribution in [3.63, 3.8) is 0 Å². The van der Waals surface area contributed by atoms with Crippen LogP contribution < -0.4 is 0 Å². The Morgan fingerprint density at radius 2 is 0.460 bits per heavy atom. The molecule has 0 aliphatic heterocycles. The normalized spacial score (nSPS) is 11.6. The Balaban J connectivity index is 0.000000139. The molecule has 0 aliphatic rings. The number of rotatable bonds is 10. The Hall–Kier alpha value is -13.9. The lowest BCUT2D eigenvalue weighted by Crippen LogP contribution is -2.11. The average molecular weight is 1280 g/mol.